The molecule has 0 unspecified atom stereocenters. The van der Waals surface area contributed by atoms with Gasteiger partial charge in [-0.25, -0.2) is 0 Å². The molecule has 0 saturated heterocycles. The predicted molar refractivity (Wildman–Crippen MR) is 69.3 cm³/mol. The van der Waals surface area contributed by atoms with Gasteiger partial charge in [-0.05, 0) is 38.1 Å². The topological polar surface area (TPSA) is 64.7 Å². The van der Waals surface area contributed by atoms with Crippen LogP contribution < -0.4 is 9.47 Å². The SMILES string of the molecule is Cc1noc(C)c1COc1ccc(OCCO)cc1. The Balaban J connectivity index is 1.93. The number of hydrogen-bond acceptors (Lipinski definition) is 5. The lowest BCUT2D eigenvalue weighted by atomic mass is 10.2. The monoisotopic (exact) mass is 263 g/mol. The van der Waals surface area contributed by atoms with Crippen molar-refractivity contribution in [3.63, 3.8) is 0 Å². The molecule has 102 valence electrons. The van der Waals surface area contributed by atoms with Crippen molar-refractivity contribution < 1.29 is 19.1 Å². The van der Waals surface area contributed by atoms with E-state index in [1.54, 1.807) is 12.1 Å². The molecule has 0 aliphatic heterocycles. The summed E-state index contributed by atoms with van der Waals surface area (Å²) >= 11 is 0. The summed E-state index contributed by atoms with van der Waals surface area (Å²) in [7, 11) is 0. The van der Waals surface area contributed by atoms with E-state index in [0.717, 1.165) is 22.8 Å². The summed E-state index contributed by atoms with van der Waals surface area (Å²) in [6, 6.07) is 7.26. The second-order valence-electron chi connectivity index (χ2n) is 4.13. The summed E-state index contributed by atoms with van der Waals surface area (Å²) in [5.41, 5.74) is 1.82. The number of nitrogens with zero attached hydrogens (tertiary/aromatic N) is 1. The molecular weight excluding hydrogens is 246 g/mol. The molecule has 0 aliphatic carbocycles. The minimum Gasteiger partial charge on any atom is -0.491 e. The van der Waals surface area contributed by atoms with Crippen LogP contribution in [0.25, 0.3) is 0 Å². The number of rotatable bonds is 6. The molecule has 19 heavy (non-hydrogen) atoms. The molecule has 0 atom stereocenters. The normalized spacial score (nSPS) is 10.5. The molecule has 0 fully saturated rings. The van der Waals surface area contributed by atoms with E-state index in [1.807, 2.05) is 26.0 Å². The van der Waals surface area contributed by atoms with Gasteiger partial charge in [0.1, 0.15) is 30.5 Å². The van der Waals surface area contributed by atoms with Crippen molar-refractivity contribution in [1.29, 1.82) is 0 Å². The number of aliphatic hydroxyl groups is 1. The number of aromatic nitrogens is 1. The number of aryl methyl sites for hydroxylation is 2. The first kappa shape index (κ1) is 13.4. The number of aliphatic hydroxyl groups excluding tert-OH is 1. The highest BCUT2D eigenvalue weighted by Gasteiger charge is 2.09. The average Bonchev–Trinajstić information content (AvgIpc) is 2.75. The summed E-state index contributed by atoms with van der Waals surface area (Å²) < 4.78 is 16.0. The molecule has 0 amide bonds. The highest BCUT2D eigenvalue weighted by molar-refractivity contribution is 5.31. The van der Waals surface area contributed by atoms with Crippen LogP contribution in [0.2, 0.25) is 0 Å². The van der Waals surface area contributed by atoms with Crippen LogP contribution in [0.1, 0.15) is 17.0 Å². The van der Waals surface area contributed by atoms with Crippen molar-refractivity contribution in [2.45, 2.75) is 20.5 Å². The molecule has 1 heterocycles. The van der Waals surface area contributed by atoms with Gasteiger partial charge in [0.25, 0.3) is 0 Å². The molecule has 5 nitrogen and oxygen atoms in total. The van der Waals surface area contributed by atoms with Gasteiger partial charge in [0.05, 0.1) is 17.9 Å². The lowest BCUT2D eigenvalue weighted by molar-refractivity contribution is 0.201. The van der Waals surface area contributed by atoms with E-state index in [9.17, 15) is 0 Å². The highest BCUT2D eigenvalue weighted by Crippen LogP contribution is 2.20. The van der Waals surface area contributed by atoms with Crippen LogP contribution in [0.3, 0.4) is 0 Å². The van der Waals surface area contributed by atoms with Gasteiger partial charge in [-0.3, -0.25) is 0 Å². The minimum atomic E-state index is 0.00426. The van der Waals surface area contributed by atoms with Gasteiger partial charge in [-0.2, -0.15) is 0 Å². The van der Waals surface area contributed by atoms with Crippen molar-refractivity contribution in [1.82, 2.24) is 5.16 Å². The average molecular weight is 263 g/mol. The second-order valence-corrected chi connectivity index (χ2v) is 4.13. The van der Waals surface area contributed by atoms with Crippen molar-refractivity contribution in [2.75, 3.05) is 13.2 Å². The third-order valence-electron chi connectivity index (χ3n) is 2.75. The third-order valence-corrected chi connectivity index (χ3v) is 2.75. The maximum absolute atomic E-state index is 8.66. The smallest absolute Gasteiger partial charge is 0.140 e. The lowest BCUT2D eigenvalue weighted by Gasteiger charge is -2.07. The van der Waals surface area contributed by atoms with Gasteiger partial charge in [-0.15, -0.1) is 0 Å². The maximum atomic E-state index is 8.66. The van der Waals surface area contributed by atoms with Crippen molar-refractivity contribution in [3.05, 3.63) is 41.3 Å². The Labute approximate surface area is 111 Å². The second kappa shape index (κ2) is 6.24. The van der Waals surface area contributed by atoms with Crippen molar-refractivity contribution >= 4 is 0 Å². The van der Waals surface area contributed by atoms with E-state index >= 15 is 0 Å². The van der Waals surface area contributed by atoms with E-state index in [-0.39, 0.29) is 6.61 Å². The van der Waals surface area contributed by atoms with Gasteiger partial charge in [-0.1, -0.05) is 5.16 Å². The van der Waals surface area contributed by atoms with Crippen LogP contribution in [0.4, 0.5) is 0 Å². The Hall–Kier alpha value is -2.01. The first-order valence-electron chi connectivity index (χ1n) is 6.09. The molecule has 5 heteroatoms. The maximum Gasteiger partial charge on any atom is 0.140 e. The van der Waals surface area contributed by atoms with Crippen LogP contribution in [0.5, 0.6) is 11.5 Å². The van der Waals surface area contributed by atoms with E-state index in [2.05, 4.69) is 5.16 Å². The van der Waals surface area contributed by atoms with Crippen LogP contribution in [-0.2, 0) is 6.61 Å². The quantitative estimate of drug-likeness (QED) is 0.865. The van der Waals surface area contributed by atoms with Crippen LogP contribution in [0.15, 0.2) is 28.8 Å². The fourth-order valence-corrected chi connectivity index (χ4v) is 1.66. The zero-order chi connectivity index (χ0) is 13.7. The molecule has 0 saturated carbocycles. The Morgan fingerprint density at radius 2 is 1.74 bits per heavy atom. The van der Waals surface area contributed by atoms with Crippen LogP contribution >= 0.6 is 0 Å². The molecule has 1 aromatic carbocycles. The van der Waals surface area contributed by atoms with Gasteiger partial charge >= 0.3 is 0 Å². The minimum absolute atomic E-state index is 0.00426. The summed E-state index contributed by atoms with van der Waals surface area (Å²) in [6.45, 7) is 4.48. The molecule has 0 aliphatic rings. The largest absolute Gasteiger partial charge is 0.491 e. The van der Waals surface area contributed by atoms with Gasteiger partial charge in [0.15, 0.2) is 0 Å². The Bertz CT molecular complexity index is 499. The van der Waals surface area contributed by atoms with E-state index in [1.165, 1.54) is 0 Å². The van der Waals surface area contributed by atoms with E-state index in [0.29, 0.717) is 19.0 Å². The fraction of sp³-hybridized carbons (Fsp3) is 0.357. The van der Waals surface area contributed by atoms with Crippen LogP contribution in [-0.4, -0.2) is 23.5 Å². The summed E-state index contributed by atoms with van der Waals surface area (Å²) in [5.74, 6) is 2.23. The molecular formula is C14H17NO4. The Morgan fingerprint density at radius 1 is 1.11 bits per heavy atom. The molecule has 2 rings (SSSR count). The molecule has 1 aromatic heterocycles. The summed E-state index contributed by atoms with van der Waals surface area (Å²) in [6.07, 6.45) is 0. The Kier molecular flexibility index (Phi) is 4.41. The standard InChI is InChI=1S/C14H17NO4/c1-10-14(11(2)19-15-10)9-18-13-5-3-12(4-6-13)17-8-7-16/h3-6,16H,7-9H2,1-2H3. The number of hydrogen-bond donors (Lipinski definition) is 1. The summed E-state index contributed by atoms with van der Waals surface area (Å²) in [5, 5.41) is 12.5. The molecule has 1 N–H and O–H groups in total. The third kappa shape index (κ3) is 3.48. The zero-order valence-electron chi connectivity index (χ0n) is 11.0. The lowest BCUT2D eigenvalue weighted by Crippen LogP contribution is -2.01. The van der Waals surface area contributed by atoms with E-state index in [4.69, 9.17) is 19.1 Å². The van der Waals surface area contributed by atoms with Gasteiger partial charge in [0, 0.05) is 0 Å². The molecule has 2 aromatic rings. The number of ether oxygens (including phenoxy) is 2. The number of benzene rings is 1. The van der Waals surface area contributed by atoms with E-state index < -0.39 is 0 Å². The first-order valence-corrected chi connectivity index (χ1v) is 6.09. The van der Waals surface area contributed by atoms with Gasteiger partial charge in [0.2, 0.25) is 0 Å². The van der Waals surface area contributed by atoms with Crippen LogP contribution in [0, 0.1) is 13.8 Å². The van der Waals surface area contributed by atoms with Crippen molar-refractivity contribution in [2.24, 2.45) is 0 Å². The molecule has 0 spiro atoms. The predicted octanol–water partition coefficient (Wildman–Crippen LogP) is 2.24. The van der Waals surface area contributed by atoms with Gasteiger partial charge < -0.3 is 19.1 Å². The highest BCUT2D eigenvalue weighted by atomic mass is 16.5. The van der Waals surface area contributed by atoms with Crippen molar-refractivity contribution in [3.8, 4) is 11.5 Å². The zero-order valence-corrected chi connectivity index (χ0v) is 11.0. The Morgan fingerprint density at radius 3 is 2.26 bits per heavy atom. The first-order chi connectivity index (χ1) is 9.20. The molecule has 0 radical (unpaired) electrons. The molecule has 0 bridgehead atoms. The summed E-state index contributed by atoms with van der Waals surface area (Å²) in [4.78, 5) is 0. The fourth-order valence-electron chi connectivity index (χ4n) is 1.66.